The van der Waals surface area contributed by atoms with Gasteiger partial charge in [-0.3, -0.25) is 4.79 Å². The van der Waals surface area contributed by atoms with Gasteiger partial charge in [0.05, 0.1) is 20.6 Å². The average Bonchev–Trinajstić information content (AvgIpc) is 2.11. The van der Waals surface area contributed by atoms with Crippen molar-refractivity contribution in [3.05, 3.63) is 11.8 Å². The Hall–Kier alpha value is -0.613. The molecule has 0 radical (unpaired) electrons. The van der Waals surface area contributed by atoms with Crippen LogP contribution in [0.4, 0.5) is 0 Å². The Kier molecular flexibility index (Phi) is 6.52. The third-order valence-electron chi connectivity index (χ3n) is 1.86. The number of aliphatic hydroxyl groups excluding tert-OH is 1. The number of aliphatic hydroxyl groups is 1. The van der Waals surface area contributed by atoms with Gasteiger partial charge >= 0.3 is 5.97 Å². The van der Waals surface area contributed by atoms with E-state index in [2.05, 4.69) is 25.3 Å². The molecule has 88 valence electrons. The van der Waals surface area contributed by atoms with Crippen LogP contribution < -0.4 is 0 Å². The standard InChI is InChI=1S/C11H22O3Si/c1-5-14-11(13)10(6-8-12)7-9-15(2,3)4/h7,9-10,12H,5-6,8H2,1-4H3/b9-7-. The van der Waals surface area contributed by atoms with Crippen molar-refractivity contribution < 1.29 is 14.6 Å². The van der Waals surface area contributed by atoms with Crippen molar-refractivity contribution in [2.45, 2.75) is 33.0 Å². The van der Waals surface area contributed by atoms with E-state index in [0.717, 1.165) is 0 Å². The van der Waals surface area contributed by atoms with Crippen molar-refractivity contribution in [2.75, 3.05) is 13.2 Å². The predicted molar refractivity (Wildman–Crippen MR) is 64.3 cm³/mol. The second-order valence-electron chi connectivity index (χ2n) is 4.60. The number of hydrogen-bond acceptors (Lipinski definition) is 3. The molecule has 0 aliphatic heterocycles. The first-order valence-corrected chi connectivity index (χ1v) is 8.95. The Labute approximate surface area is 93.1 Å². The quantitative estimate of drug-likeness (QED) is 0.560. The predicted octanol–water partition coefficient (Wildman–Crippen LogP) is 1.98. The van der Waals surface area contributed by atoms with Gasteiger partial charge in [-0.1, -0.05) is 31.4 Å². The van der Waals surface area contributed by atoms with Crippen LogP contribution in [0.2, 0.25) is 19.6 Å². The molecule has 0 amide bonds. The van der Waals surface area contributed by atoms with Crippen LogP contribution in [0.15, 0.2) is 11.8 Å². The Morgan fingerprint density at radius 2 is 2.07 bits per heavy atom. The van der Waals surface area contributed by atoms with Crippen LogP contribution >= 0.6 is 0 Å². The van der Waals surface area contributed by atoms with E-state index in [1.165, 1.54) is 0 Å². The molecule has 0 aliphatic carbocycles. The summed E-state index contributed by atoms with van der Waals surface area (Å²) in [5.41, 5.74) is 2.12. The summed E-state index contributed by atoms with van der Waals surface area (Å²) < 4.78 is 4.94. The maximum absolute atomic E-state index is 11.5. The second kappa shape index (κ2) is 6.79. The lowest BCUT2D eigenvalue weighted by Gasteiger charge is -2.13. The van der Waals surface area contributed by atoms with Gasteiger partial charge in [-0.2, -0.15) is 0 Å². The summed E-state index contributed by atoms with van der Waals surface area (Å²) in [4.78, 5) is 11.5. The zero-order chi connectivity index (χ0) is 11.9. The normalized spacial score (nSPS) is 14.2. The molecule has 0 fully saturated rings. The number of carbonyl (C=O) groups excluding carboxylic acids is 1. The third kappa shape index (κ3) is 7.33. The SMILES string of the molecule is CCOC(=O)C(/C=C\[Si](C)(C)C)CCO. The summed E-state index contributed by atoms with van der Waals surface area (Å²) in [5.74, 6) is -0.525. The minimum absolute atomic E-state index is 0.0134. The lowest BCUT2D eigenvalue weighted by molar-refractivity contribution is -0.146. The van der Waals surface area contributed by atoms with Crippen molar-refractivity contribution in [1.82, 2.24) is 0 Å². The molecule has 0 aromatic rings. The summed E-state index contributed by atoms with van der Waals surface area (Å²) in [6, 6.07) is 0. The van der Waals surface area contributed by atoms with E-state index in [9.17, 15) is 4.79 Å². The van der Waals surface area contributed by atoms with E-state index in [0.29, 0.717) is 13.0 Å². The van der Waals surface area contributed by atoms with Crippen LogP contribution in [-0.4, -0.2) is 32.4 Å². The van der Waals surface area contributed by atoms with E-state index in [4.69, 9.17) is 9.84 Å². The molecule has 0 heterocycles. The Morgan fingerprint density at radius 1 is 1.47 bits per heavy atom. The first-order valence-electron chi connectivity index (χ1n) is 5.37. The maximum Gasteiger partial charge on any atom is 0.312 e. The molecule has 0 saturated heterocycles. The van der Waals surface area contributed by atoms with Crippen molar-refractivity contribution in [3.8, 4) is 0 Å². The topological polar surface area (TPSA) is 46.5 Å². The van der Waals surface area contributed by atoms with Crippen LogP contribution in [0.25, 0.3) is 0 Å². The van der Waals surface area contributed by atoms with E-state index < -0.39 is 8.07 Å². The van der Waals surface area contributed by atoms with Crippen LogP contribution in [0, 0.1) is 5.92 Å². The summed E-state index contributed by atoms with van der Waals surface area (Å²) in [5, 5.41) is 8.85. The van der Waals surface area contributed by atoms with Crippen molar-refractivity contribution in [2.24, 2.45) is 5.92 Å². The second-order valence-corrected chi connectivity index (χ2v) is 9.66. The van der Waals surface area contributed by atoms with Gasteiger partial charge in [0.25, 0.3) is 0 Å². The summed E-state index contributed by atoms with van der Waals surface area (Å²) in [7, 11) is -1.29. The van der Waals surface area contributed by atoms with Crippen LogP contribution in [0.3, 0.4) is 0 Å². The van der Waals surface area contributed by atoms with Crippen LogP contribution in [0.1, 0.15) is 13.3 Å². The molecule has 1 N–H and O–H groups in total. The zero-order valence-corrected chi connectivity index (χ0v) is 11.1. The highest BCUT2D eigenvalue weighted by Gasteiger charge is 2.17. The fraction of sp³-hybridized carbons (Fsp3) is 0.727. The van der Waals surface area contributed by atoms with Gasteiger partial charge in [0, 0.05) is 6.61 Å². The van der Waals surface area contributed by atoms with E-state index in [1.54, 1.807) is 6.92 Å². The molecule has 0 rings (SSSR count). The first kappa shape index (κ1) is 14.4. The molecule has 0 spiro atoms. The van der Waals surface area contributed by atoms with Crippen LogP contribution in [-0.2, 0) is 9.53 Å². The number of carbonyl (C=O) groups is 1. The highest BCUT2D eigenvalue weighted by Crippen LogP contribution is 2.11. The number of hydrogen-bond donors (Lipinski definition) is 1. The van der Waals surface area contributed by atoms with E-state index in [-0.39, 0.29) is 18.5 Å². The molecule has 1 atom stereocenters. The fourth-order valence-electron chi connectivity index (χ4n) is 1.09. The molecular weight excluding hydrogens is 208 g/mol. The molecule has 4 heteroatoms. The molecule has 1 unspecified atom stereocenters. The largest absolute Gasteiger partial charge is 0.466 e. The van der Waals surface area contributed by atoms with Gasteiger partial charge in [-0.15, -0.1) is 0 Å². The van der Waals surface area contributed by atoms with Gasteiger partial charge < -0.3 is 9.84 Å². The summed E-state index contributed by atoms with van der Waals surface area (Å²) >= 11 is 0. The highest BCUT2D eigenvalue weighted by molar-refractivity contribution is 6.80. The number of rotatable bonds is 6. The number of esters is 1. The lowest BCUT2D eigenvalue weighted by atomic mass is 10.1. The average molecular weight is 230 g/mol. The van der Waals surface area contributed by atoms with Gasteiger partial charge in [0.15, 0.2) is 0 Å². The molecule has 3 nitrogen and oxygen atoms in total. The minimum atomic E-state index is -1.29. The smallest absolute Gasteiger partial charge is 0.312 e. The zero-order valence-electron chi connectivity index (χ0n) is 10.1. The van der Waals surface area contributed by atoms with Gasteiger partial charge in [-0.05, 0) is 13.3 Å². The molecule has 0 aliphatic rings. The molecule has 0 bridgehead atoms. The van der Waals surface area contributed by atoms with Crippen LogP contribution in [0.5, 0.6) is 0 Å². The molecule has 0 saturated carbocycles. The summed E-state index contributed by atoms with van der Waals surface area (Å²) in [6.45, 7) is 8.79. The maximum atomic E-state index is 11.5. The highest BCUT2D eigenvalue weighted by atomic mass is 28.3. The molecule has 15 heavy (non-hydrogen) atoms. The molecule has 0 aromatic heterocycles. The van der Waals surface area contributed by atoms with Crippen molar-refractivity contribution in [3.63, 3.8) is 0 Å². The molecule has 0 aromatic carbocycles. The Bertz CT molecular complexity index is 218. The first-order chi connectivity index (χ1) is 6.90. The Balaban J connectivity index is 4.39. The van der Waals surface area contributed by atoms with E-state index >= 15 is 0 Å². The van der Waals surface area contributed by atoms with Crippen molar-refractivity contribution in [1.29, 1.82) is 0 Å². The summed E-state index contributed by atoms with van der Waals surface area (Å²) in [6.07, 6.45) is 2.33. The minimum Gasteiger partial charge on any atom is -0.466 e. The van der Waals surface area contributed by atoms with E-state index in [1.807, 2.05) is 6.08 Å². The number of ether oxygens (including phenoxy) is 1. The lowest BCUT2D eigenvalue weighted by Crippen LogP contribution is -2.20. The van der Waals surface area contributed by atoms with Gasteiger partial charge in [0.1, 0.15) is 0 Å². The molecular formula is C11H22O3Si. The monoisotopic (exact) mass is 230 g/mol. The fourth-order valence-corrected chi connectivity index (χ4v) is 1.90. The van der Waals surface area contributed by atoms with Gasteiger partial charge in [-0.25, -0.2) is 0 Å². The Morgan fingerprint density at radius 3 is 2.47 bits per heavy atom. The third-order valence-corrected chi connectivity index (χ3v) is 3.05. The van der Waals surface area contributed by atoms with Gasteiger partial charge in [0.2, 0.25) is 0 Å². The van der Waals surface area contributed by atoms with Crippen molar-refractivity contribution >= 4 is 14.0 Å².